The highest BCUT2D eigenvalue weighted by atomic mass is 16.6. The molecule has 0 bridgehead atoms. The van der Waals surface area contributed by atoms with Gasteiger partial charge < -0.3 is 23.7 Å². The summed E-state index contributed by atoms with van der Waals surface area (Å²) in [5.74, 6) is -0.873. The molecular weight excluding hydrogens is 448 g/mol. The summed E-state index contributed by atoms with van der Waals surface area (Å²) in [6, 6.07) is 0. The Hall–Kier alpha value is -1.18. The van der Waals surface area contributed by atoms with Crippen LogP contribution in [0.15, 0.2) is 0 Å². The Balaban J connectivity index is 3.57. The van der Waals surface area contributed by atoms with E-state index < -0.39 is 11.9 Å². The van der Waals surface area contributed by atoms with E-state index in [1.807, 2.05) is 0 Å². The predicted molar refractivity (Wildman–Crippen MR) is 140 cm³/mol. The van der Waals surface area contributed by atoms with Crippen LogP contribution in [0.1, 0.15) is 116 Å². The molecule has 208 valence electrons. The van der Waals surface area contributed by atoms with Crippen molar-refractivity contribution in [3.8, 4) is 0 Å². The maximum absolute atomic E-state index is 11.9. The smallest absolute Gasteiger partial charge is 0.306 e. The molecule has 0 aliphatic carbocycles. The predicted octanol–water partition coefficient (Wildman–Crippen LogP) is 6.40. The second-order valence-electron chi connectivity index (χ2n) is 9.29. The van der Waals surface area contributed by atoms with Crippen molar-refractivity contribution >= 4 is 11.9 Å². The maximum atomic E-state index is 11.9. The first-order valence-corrected chi connectivity index (χ1v) is 14.0. The molecule has 0 fully saturated rings. The van der Waals surface area contributed by atoms with Gasteiger partial charge in [0.1, 0.15) is 19.3 Å². The molecule has 7 nitrogen and oxygen atoms in total. The third-order valence-corrected chi connectivity index (χ3v) is 5.97. The molecule has 0 aromatic carbocycles. The summed E-state index contributed by atoms with van der Waals surface area (Å²) >= 11 is 0. The second-order valence-corrected chi connectivity index (χ2v) is 9.29. The summed E-state index contributed by atoms with van der Waals surface area (Å²) in [7, 11) is 3.13. The Labute approximate surface area is 214 Å². The number of esters is 2. The summed E-state index contributed by atoms with van der Waals surface area (Å²) in [6.45, 7) is 3.93. The van der Waals surface area contributed by atoms with Crippen molar-refractivity contribution in [2.24, 2.45) is 0 Å². The zero-order chi connectivity index (χ0) is 25.8. The van der Waals surface area contributed by atoms with Crippen LogP contribution in [-0.4, -0.2) is 65.3 Å². The molecule has 1 unspecified atom stereocenters. The van der Waals surface area contributed by atoms with Crippen LogP contribution in [0.3, 0.4) is 0 Å². The summed E-state index contributed by atoms with van der Waals surface area (Å²) in [4.78, 5) is 23.4. The molecule has 0 saturated heterocycles. The van der Waals surface area contributed by atoms with Crippen molar-refractivity contribution in [2.75, 3.05) is 47.3 Å². The molecule has 0 N–H and O–H groups in total. The van der Waals surface area contributed by atoms with E-state index in [0.717, 1.165) is 12.8 Å². The lowest BCUT2D eigenvalue weighted by atomic mass is 10.0. The van der Waals surface area contributed by atoms with Gasteiger partial charge in [0.2, 0.25) is 0 Å². The van der Waals surface area contributed by atoms with Gasteiger partial charge in [-0.2, -0.15) is 0 Å². The molecular formula is C28H54O7. The van der Waals surface area contributed by atoms with Gasteiger partial charge in [-0.05, 0) is 6.42 Å². The molecule has 0 aliphatic rings. The number of carbonyl (C=O) groups is 2. The minimum Gasteiger partial charge on any atom is -0.463 e. The molecule has 1 atom stereocenters. The van der Waals surface area contributed by atoms with E-state index >= 15 is 0 Å². The number of carbonyl (C=O) groups excluding carboxylic acids is 2. The highest BCUT2D eigenvalue weighted by molar-refractivity contribution is 5.77. The van der Waals surface area contributed by atoms with Crippen LogP contribution in [0.4, 0.5) is 0 Å². The number of hydrogen-bond donors (Lipinski definition) is 0. The monoisotopic (exact) mass is 502 g/mol. The molecule has 0 aliphatic heterocycles. The van der Waals surface area contributed by atoms with Crippen LogP contribution in [-0.2, 0) is 33.3 Å². The van der Waals surface area contributed by atoms with Gasteiger partial charge in [0.25, 0.3) is 0 Å². The van der Waals surface area contributed by atoms with Gasteiger partial charge >= 0.3 is 11.9 Å². The number of ether oxygens (including phenoxy) is 5. The Bertz CT molecular complexity index is 470. The van der Waals surface area contributed by atoms with Gasteiger partial charge in [0.15, 0.2) is 0 Å². The number of hydrogen-bond acceptors (Lipinski definition) is 7. The maximum Gasteiger partial charge on any atom is 0.306 e. The summed E-state index contributed by atoms with van der Waals surface area (Å²) in [5.41, 5.74) is 0. The minimum atomic E-state index is -0.439. The molecule has 0 aromatic rings. The summed E-state index contributed by atoms with van der Waals surface area (Å²) < 4.78 is 26.0. The lowest BCUT2D eigenvalue weighted by Crippen LogP contribution is -2.27. The highest BCUT2D eigenvalue weighted by Gasteiger charge is 2.14. The molecule has 0 heterocycles. The standard InChI is InChI=1S/C28H54O7/c1-4-5-6-7-8-9-10-11-12-13-14-15-16-17-18-21-33-26(24-32-3)25-35-28(30)20-19-27(29)34-23-22-31-2/h26H,4-25H2,1-3H3. The van der Waals surface area contributed by atoms with Crippen molar-refractivity contribution in [1.29, 1.82) is 0 Å². The first-order valence-electron chi connectivity index (χ1n) is 14.0. The van der Waals surface area contributed by atoms with E-state index in [-0.39, 0.29) is 32.2 Å². The normalized spacial score (nSPS) is 12.0. The summed E-state index contributed by atoms with van der Waals surface area (Å²) in [5, 5.41) is 0. The minimum absolute atomic E-state index is 0.00251. The Morgan fingerprint density at radius 1 is 0.543 bits per heavy atom. The number of methoxy groups -OCH3 is 2. The van der Waals surface area contributed by atoms with Crippen LogP contribution >= 0.6 is 0 Å². The van der Waals surface area contributed by atoms with Gasteiger partial charge in [0.05, 0.1) is 26.1 Å². The van der Waals surface area contributed by atoms with Crippen molar-refractivity contribution in [3.63, 3.8) is 0 Å². The topological polar surface area (TPSA) is 80.3 Å². The van der Waals surface area contributed by atoms with Crippen molar-refractivity contribution in [2.45, 2.75) is 122 Å². The zero-order valence-corrected chi connectivity index (χ0v) is 23.0. The highest BCUT2D eigenvalue weighted by Crippen LogP contribution is 2.13. The van der Waals surface area contributed by atoms with Crippen LogP contribution < -0.4 is 0 Å². The first-order chi connectivity index (χ1) is 17.1. The molecule has 0 radical (unpaired) electrons. The lowest BCUT2D eigenvalue weighted by molar-refractivity contribution is -0.154. The zero-order valence-electron chi connectivity index (χ0n) is 23.0. The fourth-order valence-electron chi connectivity index (χ4n) is 3.83. The van der Waals surface area contributed by atoms with E-state index in [9.17, 15) is 9.59 Å². The second kappa shape index (κ2) is 27.4. The third-order valence-electron chi connectivity index (χ3n) is 5.97. The molecule has 7 heteroatoms. The van der Waals surface area contributed by atoms with E-state index in [0.29, 0.717) is 19.8 Å². The van der Waals surface area contributed by atoms with E-state index in [2.05, 4.69) is 6.92 Å². The Morgan fingerprint density at radius 3 is 1.51 bits per heavy atom. The van der Waals surface area contributed by atoms with Crippen LogP contribution in [0.25, 0.3) is 0 Å². The Morgan fingerprint density at radius 2 is 1.03 bits per heavy atom. The van der Waals surface area contributed by atoms with E-state index in [1.54, 1.807) is 7.11 Å². The average molecular weight is 503 g/mol. The SMILES string of the molecule is CCCCCCCCCCCCCCCCCOC(COC)COC(=O)CCC(=O)OCCOC. The van der Waals surface area contributed by atoms with Gasteiger partial charge in [-0.3, -0.25) is 9.59 Å². The van der Waals surface area contributed by atoms with Crippen molar-refractivity contribution < 1.29 is 33.3 Å². The molecule has 0 spiro atoms. The van der Waals surface area contributed by atoms with Gasteiger partial charge in [-0.1, -0.05) is 96.8 Å². The lowest BCUT2D eigenvalue weighted by Gasteiger charge is -2.17. The Kier molecular flexibility index (Phi) is 26.5. The van der Waals surface area contributed by atoms with Crippen molar-refractivity contribution in [3.05, 3.63) is 0 Å². The molecule has 0 aromatic heterocycles. The fraction of sp³-hybridized carbons (Fsp3) is 0.929. The van der Waals surface area contributed by atoms with Gasteiger partial charge in [-0.25, -0.2) is 0 Å². The third kappa shape index (κ3) is 25.7. The van der Waals surface area contributed by atoms with Crippen molar-refractivity contribution in [1.82, 2.24) is 0 Å². The largest absolute Gasteiger partial charge is 0.463 e. The summed E-state index contributed by atoms with van der Waals surface area (Å²) in [6.07, 6.45) is 19.7. The van der Waals surface area contributed by atoms with Crippen LogP contribution in [0.2, 0.25) is 0 Å². The molecule has 35 heavy (non-hydrogen) atoms. The molecule has 0 amide bonds. The van der Waals surface area contributed by atoms with Crippen LogP contribution in [0.5, 0.6) is 0 Å². The number of unbranched alkanes of at least 4 members (excludes halogenated alkanes) is 14. The molecule has 0 rings (SSSR count). The average Bonchev–Trinajstić information content (AvgIpc) is 2.85. The van der Waals surface area contributed by atoms with E-state index in [4.69, 9.17) is 23.7 Å². The molecule has 0 saturated carbocycles. The quantitative estimate of drug-likeness (QED) is 0.0949. The van der Waals surface area contributed by atoms with E-state index in [1.165, 1.54) is 90.6 Å². The van der Waals surface area contributed by atoms with Crippen LogP contribution in [0, 0.1) is 0 Å². The van der Waals surface area contributed by atoms with Gasteiger partial charge in [0, 0.05) is 20.8 Å². The number of rotatable bonds is 27. The first kappa shape index (κ1) is 33.8. The fourth-order valence-corrected chi connectivity index (χ4v) is 3.83. The van der Waals surface area contributed by atoms with Gasteiger partial charge in [-0.15, -0.1) is 0 Å².